The zero-order valence-corrected chi connectivity index (χ0v) is 12.9. The lowest BCUT2D eigenvalue weighted by atomic mass is 9.65. The quantitative estimate of drug-likeness (QED) is 0.551. The van der Waals surface area contributed by atoms with Gasteiger partial charge in [0.2, 0.25) is 0 Å². The second-order valence-corrected chi connectivity index (χ2v) is 6.95. The van der Waals surface area contributed by atoms with E-state index < -0.39 is 0 Å². The summed E-state index contributed by atoms with van der Waals surface area (Å²) in [5.74, 6) is 3.08. The molecule has 0 unspecified atom stereocenters. The molecule has 0 aromatic heterocycles. The highest BCUT2D eigenvalue weighted by Gasteiger charge is 2.33. The molecule has 0 heteroatoms. The molecule has 0 bridgehead atoms. The second-order valence-electron chi connectivity index (χ2n) is 6.95. The molecule has 0 atom stereocenters. The van der Waals surface area contributed by atoms with Crippen LogP contribution >= 0.6 is 0 Å². The highest BCUT2D eigenvalue weighted by molar-refractivity contribution is 5.32. The molecule has 0 N–H and O–H groups in total. The maximum atomic E-state index is 4.35. The van der Waals surface area contributed by atoms with Crippen molar-refractivity contribution in [2.45, 2.75) is 58.8 Å². The molecule has 0 spiro atoms. The summed E-state index contributed by atoms with van der Waals surface area (Å²) >= 11 is 0. The molecule has 19 heavy (non-hydrogen) atoms. The summed E-state index contributed by atoms with van der Waals surface area (Å²) in [6.07, 6.45) is 9.16. The Kier molecular flexibility index (Phi) is 4.71. The molecule has 0 heterocycles. The SMILES string of the molecule is C=C(CC)C1C(=C)CC(C2CCC(C)CC2)CC1=C. The molecule has 2 rings (SSSR count). The molecule has 0 aliphatic heterocycles. The fraction of sp³-hybridized carbons (Fsp3) is 0.684. The molecule has 2 saturated carbocycles. The summed E-state index contributed by atoms with van der Waals surface area (Å²) in [6.45, 7) is 17.5. The molecular formula is C19H30. The molecule has 2 aliphatic carbocycles. The van der Waals surface area contributed by atoms with E-state index in [4.69, 9.17) is 0 Å². The van der Waals surface area contributed by atoms with Gasteiger partial charge in [0.25, 0.3) is 0 Å². The third kappa shape index (κ3) is 3.22. The van der Waals surface area contributed by atoms with Crippen LogP contribution in [0.25, 0.3) is 0 Å². The van der Waals surface area contributed by atoms with Crippen molar-refractivity contribution in [2.75, 3.05) is 0 Å². The Morgan fingerprint density at radius 2 is 1.53 bits per heavy atom. The number of rotatable bonds is 3. The predicted octanol–water partition coefficient (Wildman–Crippen LogP) is 5.92. The third-order valence-electron chi connectivity index (χ3n) is 5.45. The lowest BCUT2D eigenvalue weighted by molar-refractivity contribution is 0.198. The summed E-state index contributed by atoms with van der Waals surface area (Å²) < 4.78 is 0. The van der Waals surface area contributed by atoms with Crippen molar-refractivity contribution in [1.29, 1.82) is 0 Å². The first-order valence-corrected chi connectivity index (χ1v) is 8.05. The molecule has 2 aliphatic rings. The second kappa shape index (κ2) is 6.11. The maximum Gasteiger partial charge on any atom is 0.0208 e. The monoisotopic (exact) mass is 258 g/mol. The van der Waals surface area contributed by atoms with Gasteiger partial charge >= 0.3 is 0 Å². The first-order valence-electron chi connectivity index (χ1n) is 8.05. The summed E-state index contributed by atoms with van der Waals surface area (Å²) in [4.78, 5) is 0. The van der Waals surface area contributed by atoms with Gasteiger partial charge < -0.3 is 0 Å². The van der Waals surface area contributed by atoms with E-state index in [9.17, 15) is 0 Å². The molecule has 0 radical (unpaired) electrons. The molecule has 0 nitrogen and oxygen atoms in total. The Balaban J connectivity index is 1.99. The summed E-state index contributed by atoms with van der Waals surface area (Å²) in [5.41, 5.74) is 4.07. The molecule has 2 fully saturated rings. The number of hydrogen-bond donors (Lipinski definition) is 0. The highest BCUT2D eigenvalue weighted by Crippen LogP contribution is 2.46. The molecule has 106 valence electrons. The van der Waals surface area contributed by atoms with Gasteiger partial charge in [-0.05, 0) is 49.9 Å². The zero-order chi connectivity index (χ0) is 14.0. The van der Waals surface area contributed by atoms with Gasteiger partial charge in [0.15, 0.2) is 0 Å². The average molecular weight is 258 g/mol. The van der Waals surface area contributed by atoms with Crippen molar-refractivity contribution in [3.63, 3.8) is 0 Å². The largest absolute Gasteiger partial charge is 0.0989 e. The standard InChI is InChI=1S/C19H30/c1-6-14(3)19-15(4)11-18(12-16(19)5)17-9-7-13(2)8-10-17/h13,17-19H,3-12H2,1-2H3. The molecule has 0 amide bonds. The summed E-state index contributed by atoms with van der Waals surface area (Å²) in [5, 5.41) is 0. The Hall–Kier alpha value is -0.780. The van der Waals surface area contributed by atoms with Crippen LogP contribution in [0, 0.1) is 23.7 Å². The molecular weight excluding hydrogens is 228 g/mol. The minimum absolute atomic E-state index is 0.406. The van der Waals surface area contributed by atoms with Crippen LogP contribution in [0.4, 0.5) is 0 Å². The maximum absolute atomic E-state index is 4.35. The number of hydrogen-bond acceptors (Lipinski definition) is 0. The van der Waals surface area contributed by atoms with Crippen LogP contribution in [0.1, 0.15) is 58.8 Å². The van der Waals surface area contributed by atoms with E-state index in [1.165, 1.54) is 55.2 Å². The topological polar surface area (TPSA) is 0 Å². The van der Waals surface area contributed by atoms with Gasteiger partial charge in [0.1, 0.15) is 0 Å². The zero-order valence-electron chi connectivity index (χ0n) is 12.9. The highest BCUT2D eigenvalue weighted by atomic mass is 14.4. The van der Waals surface area contributed by atoms with Gasteiger partial charge in [-0.15, -0.1) is 0 Å². The first-order chi connectivity index (χ1) is 9.02. The smallest absolute Gasteiger partial charge is 0.0208 e. The fourth-order valence-corrected chi connectivity index (χ4v) is 4.14. The van der Waals surface area contributed by atoms with Crippen molar-refractivity contribution in [1.82, 2.24) is 0 Å². The summed E-state index contributed by atoms with van der Waals surface area (Å²) in [7, 11) is 0. The van der Waals surface area contributed by atoms with Crippen LogP contribution in [0.2, 0.25) is 0 Å². The van der Waals surface area contributed by atoms with Crippen molar-refractivity contribution >= 4 is 0 Å². The van der Waals surface area contributed by atoms with Gasteiger partial charge in [-0.25, -0.2) is 0 Å². The van der Waals surface area contributed by atoms with Gasteiger partial charge in [-0.1, -0.05) is 63.1 Å². The van der Waals surface area contributed by atoms with Crippen molar-refractivity contribution in [3.8, 4) is 0 Å². The van der Waals surface area contributed by atoms with Gasteiger partial charge in [-0.3, -0.25) is 0 Å². The van der Waals surface area contributed by atoms with Crippen molar-refractivity contribution in [2.24, 2.45) is 23.7 Å². The lowest BCUT2D eigenvalue weighted by Gasteiger charge is -2.40. The van der Waals surface area contributed by atoms with E-state index in [0.717, 1.165) is 24.2 Å². The van der Waals surface area contributed by atoms with Crippen LogP contribution in [0.15, 0.2) is 36.5 Å². The van der Waals surface area contributed by atoms with Crippen LogP contribution < -0.4 is 0 Å². The third-order valence-corrected chi connectivity index (χ3v) is 5.45. The molecule has 0 aromatic carbocycles. The van der Waals surface area contributed by atoms with Crippen LogP contribution in [0.3, 0.4) is 0 Å². The van der Waals surface area contributed by atoms with Crippen LogP contribution in [-0.4, -0.2) is 0 Å². The van der Waals surface area contributed by atoms with Gasteiger partial charge in [0.05, 0.1) is 0 Å². The van der Waals surface area contributed by atoms with Crippen LogP contribution in [-0.2, 0) is 0 Å². The molecule has 0 saturated heterocycles. The Bertz CT molecular complexity index is 347. The predicted molar refractivity (Wildman–Crippen MR) is 85.0 cm³/mol. The number of allylic oxidation sites excluding steroid dienone is 3. The van der Waals surface area contributed by atoms with Crippen molar-refractivity contribution in [3.05, 3.63) is 36.5 Å². The fourth-order valence-electron chi connectivity index (χ4n) is 4.14. The van der Waals surface area contributed by atoms with E-state index in [0.29, 0.717) is 5.92 Å². The van der Waals surface area contributed by atoms with E-state index in [-0.39, 0.29) is 0 Å². The van der Waals surface area contributed by atoms with Crippen molar-refractivity contribution < 1.29 is 0 Å². The van der Waals surface area contributed by atoms with E-state index in [1.54, 1.807) is 0 Å². The average Bonchev–Trinajstić information content (AvgIpc) is 2.38. The Labute approximate surface area is 119 Å². The van der Waals surface area contributed by atoms with E-state index in [1.807, 2.05) is 0 Å². The normalized spacial score (nSPS) is 36.3. The lowest BCUT2D eigenvalue weighted by Crippen LogP contribution is -2.28. The summed E-state index contributed by atoms with van der Waals surface area (Å²) in [6, 6.07) is 0. The van der Waals surface area contributed by atoms with E-state index >= 15 is 0 Å². The minimum atomic E-state index is 0.406. The first kappa shape index (κ1) is 14.6. The van der Waals surface area contributed by atoms with Gasteiger partial charge in [0, 0.05) is 5.92 Å². The van der Waals surface area contributed by atoms with Crippen LogP contribution in [0.5, 0.6) is 0 Å². The minimum Gasteiger partial charge on any atom is -0.0989 e. The molecule has 0 aromatic rings. The van der Waals surface area contributed by atoms with Gasteiger partial charge in [-0.2, -0.15) is 0 Å². The Morgan fingerprint density at radius 1 is 1.00 bits per heavy atom. The van der Waals surface area contributed by atoms with E-state index in [2.05, 4.69) is 33.6 Å². The Morgan fingerprint density at radius 3 is 2.00 bits per heavy atom.